The van der Waals surface area contributed by atoms with Gasteiger partial charge in [0, 0.05) is 26.2 Å². The van der Waals surface area contributed by atoms with Gasteiger partial charge in [0.05, 0.1) is 23.2 Å². The Hall–Kier alpha value is -1.64. The molecule has 1 aliphatic heterocycles. The Morgan fingerprint density at radius 3 is 2.63 bits per heavy atom. The lowest BCUT2D eigenvalue weighted by atomic mass is 10.1. The zero-order chi connectivity index (χ0) is 13.8. The van der Waals surface area contributed by atoms with E-state index in [9.17, 15) is 9.18 Å². The van der Waals surface area contributed by atoms with E-state index < -0.39 is 5.82 Å². The van der Waals surface area contributed by atoms with Gasteiger partial charge in [0.15, 0.2) is 0 Å². The lowest BCUT2D eigenvalue weighted by Gasteiger charge is -2.33. The van der Waals surface area contributed by atoms with Crippen LogP contribution in [0.3, 0.4) is 0 Å². The van der Waals surface area contributed by atoms with Crippen molar-refractivity contribution in [3.8, 4) is 6.07 Å². The minimum atomic E-state index is -0.458. The fraction of sp³-hybridized carbons (Fsp3) is 0.385. The molecule has 1 amide bonds. The molecule has 1 aromatic carbocycles. The minimum Gasteiger partial charge on any atom is -0.336 e. The number of carbonyl (C=O) groups is 1. The summed E-state index contributed by atoms with van der Waals surface area (Å²) in [5.74, 6) is -0.651. The molecule has 2 rings (SSSR count). The van der Waals surface area contributed by atoms with E-state index in [0.717, 1.165) is 6.07 Å². The molecule has 0 radical (unpaired) electrons. The first kappa shape index (κ1) is 13.8. The summed E-state index contributed by atoms with van der Waals surface area (Å²) in [6.45, 7) is 2.80. The van der Waals surface area contributed by atoms with Crippen LogP contribution in [0.25, 0.3) is 0 Å². The minimum absolute atomic E-state index is 0.129. The third-order valence-corrected chi connectivity index (χ3v) is 3.43. The van der Waals surface area contributed by atoms with Crippen LogP contribution in [0.5, 0.6) is 0 Å². The number of halogens is 2. The van der Waals surface area contributed by atoms with Gasteiger partial charge < -0.3 is 4.90 Å². The molecule has 100 valence electrons. The first-order valence-electron chi connectivity index (χ1n) is 5.95. The molecule has 1 aliphatic rings. The lowest BCUT2D eigenvalue weighted by molar-refractivity contribution is 0.0652. The molecule has 1 saturated heterocycles. The SMILES string of the molecule is N#CCN1CCN(C(=O)c2ccc(F)cc2Cl)CC1. The topological polar surface area (TPSA) is 47.3 Å². The van der Waals surface area contributed by atoms with E-state index in [1.54, 1.807) is 4.90 Å². The van der Waals surface area contributed by atoms with Crippen molar-refractivity contribution in [1.82, 2.24) is 9.80 Å². The molecule has 0 bridgehead atoms. The molecule has 0 atom stereocenters. The molecular formula is C13H13ClFN3O. The Morgan fingerprint density at radius 1 is 1.37 bits per heavy atom. The molecule has 19 heavy (non-hydrogen) atoms. The highest BCUT2D eigenvalue weighted by Crippen LogP contribution is 2.19. The molecule has 0 aromatic heterocycles. The van der Waals surface area contributed by atoms with Crippen LogP contribution >= 0.6 is 11.6 Å². The summed E-state index contributed by atoms with van der Waals surface area (Å²) in [6, 6.07) is 5.86. The van der Waals surface area contributed by atoms with Crippen molar-refractivity contribution in [2.24, 2.45) is 0 Å². The van der Waals surface area contributed by atoms with Gasteiger partial charge in [0.1, 0.15) is 5.82 Å². The van der Waals surface area contributed by atoms with Crippen LogP contribution in [0.15, 0.2) is 18.2 Å². The Labute approximate surface area is 116 Å². The van der Waals surface area contributed by atoms with E-state index >= 15 is 0 Å². The van der Waals surface area contributed by atoms with Crippen molar-refractivity contribution < 1.29 is 9.18 Å². The first-order valence-corrected chi connectivity index (χ1v) is 6.33. The van der Waals surface area contributed by atoms with Crippen molar-refractivity contribution in [2.45, 2.75) is 0 Å². The first-order chi connectivity index (χ1) is 9.11. The van der Waals surface area contributed by atoms with Crippen LogP contribution in [0, 0.1) is 17.1 Å². The number of benzene rings is 1. The average Bonchev–Trinajstić information content (AvgIpc) is 2.39. The number of amides is 1. The Morgan fingerprint density at radius 2 is 2.05 bits per heavy atom. The number of nitriles is 1. The highest BCUT2D eigenvalue weighted by molar-refractivity contribution is 6.33. The van der Waals surface area contributed by atoms with E-state index in [-0.39, 0.29) is 10.9 Å². The highest BCUT2D eigenvalue weighted by atomic mass is 35.5. The Kier molecular flexibility index (Phi) is 4.35. The van der Waals surface area contributed by atoms with E-state index in [1.165, 1.54) is 12.1 Å². The molecule has 1 fully saturated rings. The normalized spacial score (nSPS) is 16.2. The second-order valence-electron chi connectivity index (χ2n) is 4.35. The van der Waals surface area contributed by atoms with Gasteiger partial charge >= 0.3 is 0 Å². The van der Waals surface area contributed by atoms with Crippen LogP contribution < -0.4 is 0 Å². The van der Waals surface area contributed by atoms with Crippen LogP contribution in [-0.2, 0) is 0 Å². The summed E-state index contributed by atoms with van der Waals surface area (Å²) in [7, 11) is 0. The molecule has 0 N–H and O–H groups in total. The molecule has 1 heterocycles. The zero-order valence-corrected chi connectivity index (χ0v) is 11.0. The zero-order valence-electron chi connectivity index (χ0n) is 10.3. The predicted molar refractivity (Wildman–Crippen MR) is 69.4 cm³/mol. The summed E-state index contributed by atoms with van der Waals surface area (Å²) >= 11 is 5.88. The maximum Gasteiger partial charge on any atom is 0.255 e. The summed E-state index contributed by atoms with van der Waals surface area (Å²) in [5.41, 5.74) is 0.316. The molecule has 6 heteroatoms. The van der Waals surface area contributed by atoms with Gasteiger partial charge in [0.25, 0.3) is 5.91 Å². The largest absolute Gasteiger partial charge is 0.336 e. The quantitative estimate of drug-likeness (QED) is 0.776. The van der Waals surface area contributed by atoms with Crippen molar-refractivity contribution in [3.05, 3.63) is 34.6 Å². The maximum absolute atomic E-state index is 12.9. The predicted octanol–water partition coefficient (Wildman–Crippen LogP) is 1.76. The number of piperazine rings is 1. The van der Waals surface area contributed by atoms with Gasteiger partial charge in [-0.1, -0.05) is 11.6 Å². The molecular weight excluding hydrogens is 269 g/mol. The third kappa shape index (κ3) is 3.22. The van der Waals surface area contributed by atoms with Gasteiger partial charge in [-0.25, -0.2) is 4.39 Å². The Bertz CT molecular complexity index is 521. The van der Waals surface area contributed by atoms with Crippen LogP contribution in [0.1, 0.15) is 10.4 Å². The number of hydrogen-bond donors (Lipinski definition) is 0. The van der Waals surface area contributed by atoms with E-state index in [0.29, 0.717) is 38.3 Å². The smallest absolute Gasteiger partial charge is 0.255 e. The van der Waals surface area contributed by atoms with Gasteiger partial charge in [0.2, 0.25) is 0 Å². The number of rotatable bonds is 2. The maximum atomic E-state index is 12.9. The fourth-order valence-corrected chi connectivity index (χ4v) is 2.29. The summed E-state index contributed by atoms with van der Waals surface area (Å²) in [6.07, 6.45) is 0. The second-order valence-corrected chi connectivity index (χ2v) is 4.76. The van der Waals surface area contributed by atoms with Gasteiger partial charge in [-0.2, -0.15) is 5.26 Å². The van der Waals surface area contributed by atoms with Gasteiger partial charge in [-0.15, -0.1) is 0 Å². The summed E-state index contributed by atoms with van der Waals surface area (Å²) < 4.78 is 12.9. The van der Waals surface area contributed by atoms with E-state index in [4.69, 9.17) is 16.9 Å². The van der Waals surface area contributed by atoms with Crippen molar-refractivity contribution in [1.29, 1.82) is 5.26 Å². The number of carbonyl (C=O) groups excluding carboxylic acids is 1. The fourth-order valence-electron chi connectivity index (χ4n) is 2.04. The van der Waals surface area contributed by atoms with Crippen LogP contribution in [0.4, 0.5) is 4.39 Å². The van der Waals surface area contributed by atoms with Gasteiger partial charge in [-0.3, -0.25) is 9.69 Å². The summed E-state index contributed by atoms with van der Waals surface area (Å²) in [4.78, 5) is 15.9. The molecule has 4 nitrogen and oxygen atoms in total. The highest BCUT2D eigenvalue weighted by Gasteiger charge is 2.23. The Balaban J connectivity index is 2.03. The van der Waals surface area contributed by atoms with Crippen molar-refractivity contribution in [2.75, 3.05) is 32.7 Å². The molecule has 0 unspecified atom stereocenters. The van der Waals surface area contributed by atoms with Crippen molar-refractivity contribution >= 4 is 17.5 Å². The van der Waals surface area contributed by atoms with E-state index in [1.807, 2.05) is 4.90 Å². The second kappa shape index (κ2) is 6.00. The molecule has 0 spiro atoms. The molecule has 0 aliphatic carbocycles. The third-order valence-electron chi connectivity index (χ3n) is 3.12. The summed E-state index contributed by atoms with van der Waals surface area (Å²) in [5, 5.41) is 8.74. The van der Waals surface area contributed by atoms with Crippen LogP contribution in [0.2, 0.25) is 5.02 Å². The lowest BCUT2D eigenvalue weighted by Crippen LogP contribution is -2.48. The molecule has 1 aromatic rings. The van der Waals surface area contributed by atoms with Crippen LogP contribution in [-0.4, -0.2) is 48.4 Å². The monoisotopic (exact) mass is 281 g/mol. The van der Waals surface area contributed by atoms with Crippen molar-refractivity contribution in [3.63, 3.8) is 0 Å². The molecule has 0 saturated carbocycles. The number of hydrogen-bond acceptors (Lipinski definition) is 3. The van der Waals surface area contributed by atoms with Gasteiger partial charge in [-0.05, 0) is 18.2 Å². The number of nitrogens with zero attached hydrogens (tertiary/aromatic N) is 3. The average molecular weight is 282 g/mol. The standard InChI is InChI=1S/C13H13ClFN3O/c14-12-9-10(15)1-2-11(12)13(19)18-7-5-17(4-3-16)6-8-18/h1-2,9H,4-8H2. The van der Waals surface area contributed by atoms with E-state index in [2.05, 4.69) is 6.07 Å².